The van der Waals surface area contributed by atoms with Crippen LogP contribution in [0.25, 0.3) is 10.8 Å². The molecule has 3 rings (SSSR count). The Bertz CT molecular complexity index is 1030. The number of fused-ring (bicyclic) bond motifs is 1. The maximum absolute atomic E-state index is 12.6. The van der Waals surface area contributed by atoms with Gasteiger partial charge in [-0.05, 0) is 36.2 Å². The summed E-state index contributed by atoms with van der Waals surface area (Å²) in [4.78, 5) is 25.2. The third kappa shape index (κ3) is 4.78. The van der Waals surface area contributed by atoms with Crippen LogP contribution in [0.3, 0.4) is 0 Å². The number of carbonyl (C=O) groups excluding carboxylic acids is 1. The third-order valence-electron chi connectivity index (χ3n) is 4.00. The number of rotatable bonds is 7. The fraction of sp³-hybridized carbons (Fsp3) is 0.286. The first-order chi connectivity index (χ1) is 13.5. The van der Waals surface area contributed by atoms with Crippen molar-refractivity contribution in [3.05, 3.63) is 69.1 Å². The number of nitrogens with zero attached hydrogens (tertiary/aromatic N) is 2. The van der Waals surface area contributed by atoms with E-state index in [1.165, 1.54) is 4.68 Å². The Balaban J connectivity index is 1.74. The highest BCUT2D eigenvalue weighted by atomic mass is 79.9. The number of esters is 1. The van der Waals surface area contributed by atoms with Gasteiger partial charge < -0.3 is 9.47 Å². The summed E-state index contributed by atoms with van der Waals surface area (Å²) < 4.78 is 13.2. The Morgan fingerprint density at radius 3 is 2.43 bits per heavy atom. The van der Waals surface area contributed by atoms with Crippen LogP contribution in [0.5, 0.6) is 5.75 Å². The molecule has 0 unspecified atom stereocenters. The molecule has 0 aliphatic carbocycles. The number of carbonyl (C=O) groups is 1. The van der Waals surface area contributed by atoms with Gasteiger partial charge in [-0.25, -0.2) is 9.48 Å². The molecule has 1 heterocycles. The van der Waals surface area contributed by atoms with Crippen LogP contribution in [-0.2, 0) is 11.3 Å². The molecule has 0 aliphatic rings. The highest BCUT2D eigenvalue weighted by Gasteiger charge is 2.18. The topological polar surface area (TPSA) is 70.4 Å². The lowest BCUT2D eigenvalue weighted by Gasteiger charge is -2.12. The van der Waals surface area contributed by atoms with Crippen molar-refractivity contribution in [3.63, 3.8) is 0 Å². The summed E-state index contributed by atoms with van der Waals surface area (Å²) >= 11 is 3.36. The second-order valence-corrected chi connectivity index (χ2v) is 7.63. The van der Waals surface area contributed by atoms with E-state index in [1.54, 1.807) is 24.3 Å². The molecule has 1 aromatic heterocycles. The Kier molecular flexibility index (Phi) is 6.46. The van der Waals surface area contributed by atoms with Crippen LogP contribution in [-0.4, -0.2) is 29.0 Å². The predicted octanol–water partition coefficient (Wildman–Crippen LogP) is 4.05. The van der Waals surface area contributed by atoms with Gasteiger partial charge in [0.1, 0.15) is 19.0 Å². The van der Waals surface area contributed by atoms with Gasteiger partial charge in [-0.1, -0.05) is 48.0 Å². The van der Waals surface area contributed by atoms with E-state index in [4.69, 9.17) is 9.47 Å². The van der Waals surface area contributed by atoms with E-state index in [0.29, 0.717) is 23.1 Å². The number of halogens is 1. The molecule has 0 saturated carbocycles. The summed E-state index contributed by atoms with van der Waals surface area (Å²) in [6.07, 6.45) is 0. The Morgan fingerprint density at radius 1 is 1.07 bits per heavy atom. The van der Waals surface area contributed by atoms with Crippen molar-refractivity contribution in [1.29, 1.82) is 0 Å². The quantitative estimate of drug-likeness (QED) is 0.406. The van der Waals surface area contributed by atoms with Gasteiger partial charge >= 0.3 is 5.97 Å². The molecule has 6 nitrogen and oxygen atoms in total. The van der Waals surface area contributed by atoms with Gasteiger partial charge in [-0.15, -0.1) is 0 Å². The van der Waals surface area contributed by atoms with Crippen LogP contribution in [0, 0.1) is 5.92 Å². The van der Waals surface area contributed by atoms with Crippen molar-refractivity contribution in [2.75, 3.05) is 13.2 Å². The number of hydrogen-bond donors (Lipinski definition) is 0. The minimum atomic E-state index is -0.576. The summed E-state index contributed by atoms with van der Waals surface area (Å²) in [5.41, 5.74) is -0.0705. The third-order valence-corrected chi connectivity index (χ3v) is 4.53. The van der Waals surface area contributed by atoms with E-state index in [2.05, 4.69) is 21.0 Å². The minimum Gasteiger partial charge on any atom is -0.490 e. The average molecular weight is 445 g/mol. The largest absolute Gasteiger partial charge is 0.490 e. The van der Waals surface area contributed by atoms with Gasteiger partial charge in [0.2, 0.25) is 0 Å². The first kappa shape index (κ1) is 20.1. The highest BCUT2D eigenvalue weighted by Crippen LogP contribution is 2.17. The lowest BCUT2D eigenvalue weighted by molar-refractivity contribution is 0.0443. The van der Waals surface area contributed by atoms with Crippen molar-refractivity contribution >= 4 is 32.7 Å². The van der Waals surface area contributed by atoms with Crippen molar-refractivity contribution in [2.45, 2.75) is 20.4 Å². The fourth-order valence-electron chi connectivity index (χ4n) is 2.75. The Labute approximate surface area is 171 Å². The van der Waals surface area contributed by atoms with Crippen LogP contribution in [0.4, 0.5) is 0 Å². The summed E-state index contributed by atoms with van der Waals surface area (Å²) in [5, 5.41) is 5.22. The van der Waals surface area contributed by atoms with Crippen LogP contribution in [0.15, 0.2) is 57.8 Å². The molecule has 0 fully saturated rings. The number of benzene rings is 2. The molecule has 0 amide bonds. The Hall–Kier alpha value is -2.67. The monoisotopic (exact) mass is 444 g/mol. The smallest absolute Gasteiger partial charge is 0.359 e. The second kappa shape index (κ2) is 9.01. The van der Waals surface area contributed by atoms with Crippen molar-refractivity contribution in [1.82, 2.24) is 9.78 Å². The zero-order valence-corrected chi connectivity index (χ0v) is 17.3. The molecule has 2 aromatic carbocycles. The molecule has 0 aliphatic heterocycles. The van der Waals surface area contributed by atoms with Gasteiger partial charge in [-0.2, -0.15) is 5.10 Å². The first-order valence-corrected chi connectivity index (χ1v) is 9.80. The molecule has 0 saturated heterocycles. The zero-order valence-electron chi connectivity index (χ0n) is 15.7. The molecule has 7 heteroatoms. The van der Waals surface area contributed by atoms with E-state index >= 15 is 0 Å². The van der Waals surface area contributed by atoms with Gasteiger partial charge in [-0.3, -0.25) is 4.79 Å². The van der Waals surface area contributed by atoms with Crippen LogP contribution in [0.1, 0.15) is 24.3 Å². The molecule has 3 aromatic rings. The molecule has 0 atom stereocenters. The highest BCUT2D eigenvalue weighted by molar-refractivity contribution is 9.10. The lowest BCUT2D eigenvalue weighted by Crippen LogP contribution is -2.28. The molecular formula is C21H21BrN2O4. The molecular weight excluding hydrogens is 424 g/mol. The van der Waals surface area contributed by atoms with Gasteiger partial charge in [0.05, 0.1) is 5.39 Å². The minimum absolute atomic E-state index is 0.0776. The lowest BCUT2D eigenvalue weighted by atomic mass is 10.1. The molecule has 28 heavy (non-hydrogen) atoms. The van der Waals surface area contributed by atoms with E-state index in [0.717, 1.165) is 4.47 Å². The van der Waals surface area contributed by atoms with Crippen molar-refractivity contribution < 1.29 is 14.3 Å². The van der Waals surface area contributed by atoms with Crippen molar-refractivity contribution in [3.8, 4) is 5.75 Å². The Morgan fingerprint density at radius 2 is 1.75 bits per heavy atom. The number of aromatic nitrogens is 2. The van der Waals surface area contributed by atoms with E-state index in [1.807, 2.05) is 38.1 Å². The maximum atomic E-state index is 12.6. The maximum Gasteiger partial charge on any atom is 0.359 e. The van der Waals surface area contributed by atoms with E-state index < -0.39 is 5.97 Å². The van der Waals surface area contributed by atoms with Crippen LogP contribution in [0.2, 0.25) is 0 Å². The molecule has 0 spiro atoms. The summed E-state index contributed by atoms with van der Waals surface area (Å²) in [6, 6.07) is 14.3. The fourth-order valence-corrected chi connectivity index (χ4v) is 3.01. The normalized spacial score (nSPS) is 11.0. The second-order valence-electron chi connectivity index (χ2n) is 6.71. The number of ether oxygens (including phenoxy) is 2. The van der Waals surface area contributed by atoms with E-state index in [-0.39, 0.29) is 30.4 Å². The number of hydrogen-bond acceptors (Lipinski definition) is 5. The SMILES string of the molecule is CC(C)Cn1nc(C(=O)OCCOc2ccc(Br)cc2)c2ccccc2c1=O. The molecule has 146 valence electrons. The van der Waals surface area contributed by atoms with Gasteiger partial charge in [0.25, 0.3) is 5.56 Å². The summed E-state index contributed by atoms with van der Waals surface area (Å²) in [7, 11) is 0. The zero-order chi connectivity index (χ0) is 20.1. The van der Waals surface area contributed by atoms with Crippen LogP contribution >= 0.6 is 15.9 Å². The predicted molar refractivity (Wildman–Crippen MR) is 111 cm³/mol. The van der Waals surface area contributed by atoms with Gasteiger partial charge in [0, 0.05) is 16.4 Å². The van der Waals surface area contributed by atoms with Gasteiger partial charge in [0.15, 0.2) is 5.69 Å². The first-order valence-electron chi connectivity index (χ1n) is 9.01. The van der Waals surface area contributed by atoms with E-state index in [9.17, 15) is 9.59 Å². The van der Waals surface area contributed by atoms with Crippen molar-refractivity contribution in [2.24, 2.45) is 5.92 Å². The molecule has 0 bridgehead atoms. The average Bonchev–Trinajstić information content (AvgIpc) is 2.68. The standard InChI is InChI=1S/C21H21BrN2O4/c1-14(2)13-24-20(25)18-6-4-3-5-17(18)19(23-24)21(26)28-12-11-27-16-9-7-15(22)8-10-16/h3-10,14H,11-13H2,1-2H3. The molecule has 0 N–H and O–H groups in total. The summed E-state index contributed by atoms with van der Waals surface area (Å²) in [5.74, 6) is 0.330. The molecule has 0 radical (unpaired) electrons. The van der Waals surface area contributed by atoms with Crippen LogP contribution < -0.4 is 10.3 Å². The summed E-state index contributed by atoms with van der Waals surface area (Å²) in [6.45, 7) is 4.70.